The third-order valence-electron chi connectivity index (χ3n) is 3.79. The summed E-state index contributed by atoms with van der Waals surface area (Å²) in [6, 6.07) is 19.4. The van der Waals surface area contributed by atoms with E-state index >= 15 is 0 Å². The monoisotopic (exact) mass is 404 g/mol. The first-order chi connectivity index (χ1) is 13.4. The number of halogens is 4. The predicted molar refractivity (Wildman–Crippen MR) is 105 cm³/mol. The van der Waals surface area contributed by atoms with E-state index in [1.165, 1.54) is 12.1 Å². The highest BCUT2D eigenvalue weighted by atomic mass is 35.5. The second-order valence-electron chi connectivity index (χ2n) is 5.93. The van der Waals surface area contributed by atoms with Crippen molar-refractivity contribution in [1.29, 1.82) is 0 Å². The van der Waals surface area contributed by atoms with E-state index < -0.39 is 11.7 Å². The molecular weight excluding hydrogens is 389 g/mol. The quantitative estimate of drug-likeness (QED) is 0.382. The van der Waals surface area contributed by atoms with Crippen molar-refractivity contribution in [3.05, 3.63) is 94.5 Å². The molecule has 28 heavy (non-hydrogen) atoms. The zero-order chi connectivity index (χ0) is 20.0. The number of nitrogens with zero attached hydrogens (tertiary/aromatic N) is 1. The van der Waals surface area contributed by atoms with Crippen LogP contribution in [0.1, 0.15) is 16.7 Å². The van der Waals surface area contributed by atoms with Gasteiger partial charge in [-0.05, 0) is 71.8 Å². The normalized spacial score (nSPS) is 11.6. The van der Waals surface area contributed by atoms with Crippen molar-refractivity contribution in [3.63, 3.8) is 0 Å². The van der Waals surface area contributed by atoms with E-state index in [0.29, 0.717) is 23.1 Å². The molecule has 0 spiro atoms. The fourth-order valence-corrected chi connectivity index (χ4v) is 2.57. The zero-order valence-corrected chi connectivity index (χ0v) is 15.3. The third kappa shape index (κ3) is 5.76. The lowest BCUT2D eigenvalue weighted by atomic mass is 10.2. The minimum atomic E-state index is -4.35. The molecule has 0 unspecified atom stereocenters. The Balaban J connectivity index is 1.52. The zero-order valence-electron chi connectivity index (χ0n) is 14.6. The fraction of sp³-hybridized carbons (Fsp3) is 0.0952. The van der Waals surface area contributed by atoms with Gasteiger partial charge in [0.25, 0.3) is 0 Å². The number of anilines is 1. The summed E-state index contributed by atoms with van der Waals surface area (Å²) in [5.41, 5.74) is 4.25. The standard InChI is InChI=1S/C21H16ClF3N2O/c22-18-3-1-2-16(12-18)14-28-20-10-4-15(5-11-20)13-26-27-19-8-6-17(7-9-19)21(23,24)25/h1-13,27H,14H2. The van der Waals surface area contributed by atoms with E-state index in [1.807, 2.05) is 42.5 Å². The van der Waals surface area contributed by atoms with E-state index in [-0.39, 0.29) is 0 Å². The lowest BCUT2D eigenvalue weighted by Gasteiger charge is -2.07. The van der Waals surface area contributed by atoms with Crippen molar-refractivity contribution >= 4 is 23.5 Å². The largest absolute Gasteiger partial charge is 0.489 e. The molecule has 0 aliphatic heterocycles. The van der Waals surface area contributed by atoms with Gasteiger partial charge in [0.05, 0.1) is 17.5 Å². The van der Waals surface area contributed by atoms with Crippen LogP contribution in [-0.2, 0) is 12.8 Å². The maximum absolute atomic E-state index is 12.5. The summed E-state index contributed by atoms with van der Waals surface area (Å²) in [6.07, 6.45) is -2.78. The molecule has 0 heterocycles. The molecule has 1 N–H and O–H groups in total. The first kappa shape index (κ1) is 19.8. The van der Waals surface area contributed by atoms with E-state index in [0.717, 1.165) is 23.3 Å². The Morgan fingerprint density at radius 3 is 2.32 bits per heavy atom. The van der Waals surface area contributed by atoms with Gasteiger partial charge in [0, 0.05) is 5.02 Å². The highest BCUT2D eigenvalue weighted by Crippen LogP contribution is 2.29. The van der Waals surface area contributed by atoms with Crippen molar-refractivity contribution in [2.75, 3.05) is 5.43 Å². The molecule has 0 aliphatic carbocycles. The van der Waals surface area contributed by atoms with Crippen molar-refractivity contribution < 1.29 is 17.9 Å². The van der Waals surface area contributed by atoms with Crippen LogP contribution in [0.25, 0.3) is 0 Å². The Hall–Kier alpha value is -2.99. The summed E-state index contributed by atoms with van der Waals surface area (Å²) in [4.78, 5) is 0. The van der Waals surface area contributed by atoms with Crippen LogP contribution < -0.4 is 10.2 Å². The molecule has 144 valence electrons. The molecular formula is C21H16ClF3N2O. The molecule has 3 rings (SSSR count). The van der Waals surface area contributed by atoms with Crippen LogP contribution in [0.3, 0.4) is 0 Å². The van der Waals surface area contributed by atoms with Gasteiger partial charge in [-0.25, -0.2) is 0 Å². The van der Waals surface area contributed by atoms with Gasteiger partial charge >= 0.3 is 6.18 Å². The molecule has 0 aliphatic rings. The molecule has 0 saturated heterocycles. The molecule has 0 fully saturated rings. The molecule has 3 aromatic carbocycles. The summed E-state index contributed by atoms with van der Waals surface area (Å²) in [6.45, 7) is 0.406. The Bertz CT molecular complexity index is 939. The average Bonchev–Trinajstić information content (AvgIpc) is 2.67. The molecule has 0 radical (unpaired) electrons. The van der Waals surface area contributed by atoms with E-state index in [1.54, 1.807) is 12.3 Å². The lowest BCUT2D eigenvalue weighted by Crippen LogP contribution is -2.04. The minimum Gasteiger partial charge on any atom is -0.489 e. The van der Waals surface area contributed by atoms with E-state index in [9.17, 15) is 13.2 Å². The third-order valence-corrected chi connectivity index (χ3v) is 4.03. The summed E-state index contributed by atoms with van der Waals surface area (Å²) >= 11 is 5.94. The van der Waals surface area contributed by atoms with Crippen LogP contribution in [0.2, 0.25) is 5.02 Å². The van der Waals surface area contributed by atoms with E-state index in [2.05, 4.69) is 10.5 Å². The van der Waals surface area contributed by atoms with Crippen LogP contribution in [-0.4, -0.2) is 6.21 Å². The maximum atomic E-state index is 12.5. The molecule has 3 aromatic rings. The lowest BCUT2D eigenvalue weighted by molar-refractivity contribution is -0.137. The average molecular weight is 405 g/mol. The smallest absolute Gasteiger partial charge is 0.416 e. The van der Waals surface area contributed by atoms with Crippen LogP contribution in [0.4, 0.5) is 18.9 Å². The van der Waals surface area contributed by atoms with Crippen molar-refractivity contribution in [2.24, 2.45) is 5.10 Å². The first-order valence-corrected chi connectivity index (χ1v) is 8.71. The number of ether oxygens (including phenoxy) is 1. The Morgan fingerprint density at radius 1 is 0.964 bits per heavy atom. The summed E-state index contributed by atoms with van der Waals surface area (Å²) in [5.74, 6) is 0.702. The summed E-state index contributed by atoms with van der Waals surface area (Å²) < 4.78 is 43.3. The minimum absolute atomic E-state index is 0.406. The Labute approximate surface area is 165 Å². The number of rotatable bonds is 6. The van der Waals surface area contributed by atoms with Crippen LogP contribution in [0, 0.1) is 0 Å². The van der Waals surface area contributed by atoms with E-state index in [4.69, 9.17) is 16.3 Å². The number of hydrogen-bond acceptors (Lipinski definition) is 3. The molecule has 0 saturated carbocycles. The van der Waals surface area contributed by atoms with Crippen LogP contribution in [0.15, 0.2) is 77.9 Å². The van der Waals surface area contributed by atoms with Gasteiger partial charge in [-0.2, -0.15) is 18.3 Å². The van der Waals surface area contributed by atoms with Crippen molar-refractivity contribution in [3.8, 4) is 5.75 Å². The molecule has 0 atom stereocenters. The highest BCUT2D eigenvalue weighted by molar-refractivity contribution is 6.30. The fourth-order valence-electron chi connectivity index (χ4n) is 2.36. The van der Waals surface area contributed by atoms with Crippen LogP contribution in [0.5, 0.6) is 5.75 Å². The number of alkyl halides is 3. The molecule has 7 heteroatoms. The Kier molecular flexibility index (Phi) is 6.21. The molecule has 0 bridgehead atoms. The van der Waals surface area contributed by atoms with Gasteiger partial charge in [-0.3, -0.25) is 5.43 Å². The predicted octanol–water partition coefficient (Wildman–Crippen LogP) is 6.38. The molecule has 3 nitrogen and oxygen atoms in total. The van der Waals surface area contributed by atoms with Gasteiger partial charge in [0.1, 0.15) is 12.4 Å². The first-order valence-electron chi connectivity index (χ1n) is 8.34. The van der Waals surface area contributed by atoms with Gasteiger partial charge < -0.3 is 4.74 Å². The van der Waals surface area contributed by atoms with Gasteiger partial charge in [-0.1, -0.05) is 23.7 Å². The van der Waals surface area contributed by atoms with Crippen molar-refractivity contribution in [2.45, 2.75) is 12.8 Å². The topological polar surface area (TPSA) is 33.6 Å². The molecule has 0 aromatic heterocycles. The second-order valence-corrected chi connectivity index (χ2v) is 6.37. The number of benzene rings is 3. The summed E-state index contributed by atoms with van der Waals surface area (Å²) in [5, 5.41) is 4.69. The van der Waals surface area contributed by atoms with Crippen LogP contribution >= 0.6 is 11.6 Å². The van der Waals surface area contributed by atoms with Crippen molar-refractivity contribution in [1.82, 2.24) is 0 Å². The number of nitrogens with one attached hydrogen (secondary N) is 1. The highest BCUT2D eigenvalue weighted by Gasteiger charge is 2.29. The number of hydrogen-bond donors (Lipinski definition) is 1. The van der Waals surface area contributed by atoms with Gasteiger partial charge in [0.15, 0.2) is 0 Å². The summed E-state index contributed by atoms with van der Waals surface area (Å²) in [7, 11) is 0. The number of hydrazone groups is 1. The molecule has 0 amide bonds. The maximum Gasteiger partial charge on any atom is 0.416 e. The second kappa shape index (κ2) is 8.80. The van der Waals surface area contributed by atoms with Gasteiger partial charge in [0.2, 0.25) is 0 Å². The van der Waals surface area contributed by atoms with Gasteiger partial charge in [-0.15, -0.1) is 0 Å². The SMILES string of the molecule is FC(F)(F)c1ccc(NN=Cc2ccc(OCc3cccc(Cl)c3)cc2)cc1. The Morgan fingerprint density at radius 2 is 1.68 bits per heavy atom.